The van der Waals surface area contributed by atoms with Crippen molar-refractivity contribution in [1.29, 1.82) is 0 Å². The zero-order valence-corrected chi connectivity index (χ0v) is 4.83. The predicted molar refractivity (Wildman–Crippen MR) is 28.7 cm³/mol. The Morgan fingerprint density at radius 2 is 2.57 bits per heavy atom. The van der Waals surface area contributed by atoms with Gasteiger partial charge in [-0.05, 0) is 0 Å². The van der Waals surface area contributed by atoms with Crippen LogP contribution in [0.5, 0.6) is 0 Å². The van der Waals surface area contributed by atoms with Crippen molar-refractivity contribution in [2.24, 2.45) is 5.14 Å². The summed E-state index contributed by atoms with van der Waals surface area (Å²) in [6.45, 7) is 0. The topological polar surface area (TPSA) is 52.3 Å². The van der Waals surface area contributed by atoms with Gasteiger partial charge in [0.05, 0.1) is 7.11 Å². The van der Waals surface area contributed by atoms with Gasteiger partial charge in [-0.3, -0.25) is 9.93 Å². The zero-order chi connectivity index (χ0) is 5.70. The second kappa shape index (κ2) is 3.95. The first-order valence-corrected chi connectivity index (χ1v) is 2.74. The van der Waals surface area contributed by atoms with Crippen LogP contribution in [0.2, 0.25) is 0 Å². The Balaban J connectivity index is 3.00. The van der Waals surface area contributed by atoms with Crippen LogP contribution in [0.3, 0.4) is 0 Å². The molecule has 0 radical (unpaired) electrons. The van der Waals surface area contributed by atoms with E-state index in [0.29, 0.717) is 0 Å². The lowest BCUT2D eigenvalue weighted by molar-refractivity contribution is -0.137. The van der Waals surface area contributed by atoms with Crippen molar-refractivity contribution >= 4 is 17.9 Å². The van der Waals surface area contributed by atoms with Crippen molar-refractivity contribution in [2.75, 3.05) is 12.9 Å². The van der Waals surface area contributed by atoms with E-state index < -0.39 is 0 Å². The Labute approximate surface area is 46.3 Å². The molecule has 0 aromatic carbocycles. The summed E-state index contributed by atoms with van der Waals surface area (Å²) in [5, 5.41) is 4.92. The Hall–Kier alpha value is -0.220. The van der Waals surface area contributed by atoms with E-state index in [-0.39, 0.29) is 11.7 Å². The van der Waals surface area contributed by atoms with Crippen LogP contribution in [-0.2, 0) is 9.53 Å². The molecule has 0 aliphatic heterocycles. The van der Waals surface area contributed by atoms with Gasteiger partial charge in [0.15, 0.2) is 0 Å². The van der Waals surface area contributed by atoms with Crippen LogP contribution in [0.4, 0.5) is 0 Å². The summed E-state index contributed by atoms with van der Waals surface area (Å²) in [4.78, 5) is 10.1. The zero-order valence-electron chi connectivity index (χ0n) is 4.01. The first-order chi connectivity index (χ1) is 3.31. The van der Waals surface area contributed by atoms with E-state index in [2.05, 4.69) is 4.74 Å². The third-order valence-electron chi connectivity index (χ3n) is 0.429. The van der Waals surface area contributed by atoms with Crippen molar-refractivity contribution in [3.05, 3.63) is 0 Å². The number of methoxy groups -OCH3 is 1. The Kier molecular flexibility index (Phi) is 3.83. The molecule has 0 aliphatic carbocycles. The van der Waals surface area contributed by atoms with Gasteiger partial charge >= 0.3 is 5.97 Å². The van der Waals surface area contributed by atoms with Gasteiger partial charge in [-0.15, -0.1) is 0 Å². The first-order valence-electron chi connectivity index (χ1n) is 1.69. The van der Waals surface area contributed by atoms with Gasteiger partial charge < -0.3 is 4.74 Å². The normalized spacial score (nSPS) is 8.29. The molecule has 2 N–H and O–H groups in total. The summed E-state index contributed by atoms with van der Waals surface area (Å²) in [6, 6.07) is 0. The fraction of sp³-hybridized carbons (Fsp3) is 0.667. The van der Waals surface area contributed by atoms with Gasteiger partial charge in [-0.1, -0.05) is 11.9 Å². The lowest BCUT2D eigenvalue weighted by Crippen LogP contribution is -2.04. The van der Waals surface area contributed by atoms with Gasteiger partial charge in [0.2, 0.25) is 0 Å². The van der Waals surface area contributed by atoms with Gasteiger partial charge in [0.1, 0.15) is 5.75 Å². The molecule has 0 rings (SSSR count). The second-order valence-electron chi connectivity index (χ2n) is 0.887. The number of carbonyl (C=O) groups excluding carboxylic acids is 1. The number of rotatable bonds is 2. The second-order valence-corrected chi connectivity index (χ2v) is 1.51. The van der Waals surface area contributed by atoms with Gasteiger partial charge in [0, 0.05) is 0 Å². The van der Waals surface area contributed by atoms with Crippen molar-refractivity contribution in [3.63, 3.8) is 0 Å². The molecule has 4 heteroatoms. The van der Waals surface area contributed by atoms with Gasteiger partial charge in [-0.25, -0.2) is 0 Å². The molecule has 0 fully saturated rings. The minimum absolute atomic E-state index is 0.233. The van der Waals surface area contributed by atoms with E-state index in [4.69, 9.17) is 5.14 Å². The number of hydrogen-bond acceptors (Lipinski definition) is 4. The Morgan fingerprint density at radius 1 is 2.00 bits per heavy atom. The molecule has 42 valence electrons. The quantitative estimate of drug-likeness (QED) is 0.405. The monoisotopic (exact) mass is 121 g/mol. The number of hydrogen-bond donors (Lipinski definition) is 1. The molecule has 0 saturated heterocycles. The standard InChI is InChI=1S/C3H7NO2S/c1-6-3(5)2-7-4/h2,4H2,1H3. The number of ether oxygens (including phenoxy) is 1. The molecule has 0 saturated carbocycles. The van der Waals surface area contributed by atoms with E-state index in [0.717, 1.165) is 11.9 Å². The summed E-state index contributed by atoms with van der Waals surface area (Å²) in [6.07, 6.45) is 0. The molecule has 0 bridgehead atoms. The van der Waals surface area contributed by atoms with Crippen LogP contribution < -0.4 is 5.14 Å². The van der Waals surface area contributed by atoms with Crippen LogP contribution in [0, 0.1) is 0 Å². The molecule has 0 heterocycles. The lowest BCUT2D eigenvalue weighted by atomic mass is 10.8. The highest BCUT2D eigenvalue weighted by atomic mass is 32.2. The Bertz CT molecular complexity index is 66.0. The molecule has 3 nitrogen and oxygen atoms in total. The van der Waals surface area contributed by atoms with Crippen molar-refractivity contribution in [3.8, 4) is 0 Å². The van der Waals surface area contributed by atoms with Crippen molar-refractivity contribution in [2.45, 2.75) is 0 Å². The van der Waals surface area contributed by atoms with E-state index in [1.54, 1.807) is 0 Å². The summed E-state index contributed by atoms with van der Waals surface area (Å²) in [5.41, 5.74) is 0. The molecule has 7 heavy (non-hydrogen) atoms. The fourth-order valence-corrected chi connectivity index (χ4v) is 0.381. The van der Waals surface area contributed by atoms with Crippen LogP contribution in [-0.4, -0.2) is 18.8 Å². The molecule has 0 atom stereocenters. The molecule has 0 aromatic rings. The minimum Gasteiger partial charge on any atom is -0.468 e. The maximum absolute atomic E-state index is 10.1. The minimum atomic E-state index is -0.285. The van der Waals surface area contributed by atoms with Crippen molar-refractivity contribution < 1.29 is 9.53 Å². The molecule has 0 aromatic heterocycles. The largest absolute Gasteiger partial charge is 0.468 e. The van der Waals surface area contributed by atoms with Crippen LogP contribution in [0.25, 0.3) is 0 Å². The van der Waals surface area contributed by atoms with E-state index >= 15 is 0 Å². The highest BCUT2D eigenvalue weighted by Crippen LogP contribution is 1.84. The third kappa shape index (κ3) is 3.61. The Morgan fingerprint density at radius 3 is 2.71 bits per heavy atom. The predicted octanol–water partition coefficient (Wildman–Crippen LogP) is -0.234. The maximum Gasteiger partial charge on any atom is 0.316 e. The highest BCUT2D eigenvalue weighted by Gasteiger charge is 1.93. The summed E-state index contributed by atoms with van der Waals surface area (Å²) in [7, 11) is 1.33. The molecular weight excluding hydrogens is 114 g/mol. The highest BCUT2D eigenvalue weighted by molar-refractivity contribution is 7.97. The average molecular weight is 121 g/mol. The average Bonchev–Trinajstić information content (AvgIpc) is 1.68. The SMILES string of the molecule is COC(=O)CSN. The number of carbonyl (C=O) groups is 1. The van der Waals surface area contributed by atoms with E-state index in [1.165, 1.54) is 7.11 Å². The molecule has 0 unspecified atom stereocenters. The summed E-state index contributed by atoms with van der Waals surface area (Å²) in [5.74, 6) is -0.0521. The van der Waals surface area contributed by atoms with Gasteiger partial charge in [-0.2, -0.15) is 0 Å². The van der Waals surface area contributed by atoms with Crippen LogP contribution in [0.1, 0.15) is 0 Å². The summed E-state index contributed by atoms with van der Waals surface area (Å²) >= 11 is 0.960. The lowest BCUT2D eigenvalue weighted by Gasteiger charge is -1.90. The van der Waals surface area contributed by atoms with E-state index in [1.807, 2.05) is 0 Å². The smallest absolute Gasteiger partial charge is 0.316 e. The van der Waals surface area contributed by atoms with Crippen molar-refractivity contribution in [1.82, 2.24) is 0 Å². The molecular formula is C3H7NO2S. The summed E-state index contributed by atoms with van der Waals surface area (Å²) < 4.78 is 4.25. The maximum atomic E-state index is 10.1. The van der Waals surface area contributed by atoms with E-state index in [9.17, 15) is 4.79 Å². The number of esters is 1. The fourth-order valence-electron chi connectivity index (χ4n) is 0.127. The van der Waals surface area contributed by atoms with Crippen LogP contribution >= 0.6 is 11.9 Å². The van der Waals surface area contributed by atoms with Gasteiger partial charge in [0.25, 0.3) is 0 Å². The third-order valence-corrected chi connectivity index (χ3v) is 0.831. The molecule has 0 aliphatic rings. The first kappa shape index (κ1) is 6.78. The molecule has 0 spiro atoms. The number of nitrogens with two attached hydrogens (primary N) is 1. The molecule has 0 amide bonds. The van der Waals surface area contributed by atoms with Crippen LogP contribution in [0.15, 0.2) is 0 Å².